The first-order valence-electron chi connectivity index (χ1n) is 32.2. The molecule has 16 nitrogen and oxygen atoms in total. The zero-order valence-electron chi connectivity index (χ0n) is 55.0. The number of hydrogen-bond acceptors (Lipinski definition) is 11. The van der Waals surface area contributed by atoms with E-state index in [4.69, 9.17) is 39.5 Å². The molecule has 18 heteroatoms. The maximum absolute atomic E-state index is 12.7. The van der Waals surface area contributed by atoms with Gasteiger partial charge < -0.3 is 39.5 Å². The summed E-state index contributed by atoms with van der Waals surface area (Å²) in [7, 11) is -1.62. The largest absolute Gasteiger partial charge is 0.870 e. The molecule has 0 heterocycles. The van der Waals surface area contributed by atoms with E-state index in [2.05, 4.69) is 55.4 Å². The number of carboxylic acids is 5. The van der Waals surface area contributed by atoms with Gasteiger partial charge in [-0.2, -0.15) is 0 Å². The molecule has 0 aliphatic heterocycles. The van der Waals surface area contributed by atoms with Gasteiger partial charge in [0.25, 0.3) is 17.9 Å². The molecule has 485 valence electrons. The first-order valence-corrected chi connectivity index (χ1v) is 32.2. The second kappa shape index (κ2) is 66.7. The van der Waals surface area contributed by atoms with Crippen molar-refractivity contribution in [3.8, 4) is 0 Å². The van der Waals surface area contributed by atoms with Gasteiger partial charge in [0, 0.05) is 22.4 Å². The van der Waals surface area contributed by atoms with Crippen LogP contribution in [0.15, 0.2) is 0 Å². The fourth-order valence-electron chi connectivity index (χ4n) is 8.23. The van der Waals surface area contributed by atoms with Gasteiger partial charge in [0.15, 0.2) is 0 Å². The molecule has 0 spiro atoms. The Hall–Kier alpha value is -3.43. The van der Waals surface area contributed by atoms with Gasteiger partial charge >= 0.3 is 37.2 Å². The maximum atomic E-state index is 12.7. The normalized spacial score (nSPS) is 13.1. The predicted molar refractivity (Wildman–Crippen MR) is 329 cm³/mol. The molecule has 1 radical (unpaired) electrons. The maximum Gasteiger partial charge on any atom is 0.870 e. The quantitative estimate of drug-likeness (QED) is 0.0355. The Morgan fingerprint density at radius 3 is 0.476 bits per heavy atom. The summed E-state index contributed by atoms with van der Waals surface area (Å²) in [5.41, 5.74) is 0. The van der Waals surface area contributed by atoms with Crippen molar-refractivity contribution in [3.05, 3.63) is 0 Å². The van der Waals surface area contributed by atoms with Gasteiger partial charge in [-0.1, -0.05) is 214 Å². The van der Waals surface area contributed by atoms with Crippen molar-refractivity contribution in [2.75, 3.05) is 0 Å². The average Bonchev–Trinajstić information content (AvgIpc) is 3.43. The Morgan fingerprint density at radius 2 is 0.378 bits per heavy atom. The smallest absolute Gasteiger partial charge is 0.481 e. The van der Waals surface area contributed by atoms with Crippen LogP contribution in [-0.2, 0) is 74.7 Å². The molecule has 0 aliphatic rings. The summed E-state index contributed by atoms with van der Waals surface area (Å²) >= 11 is 0. The Bertz CT molecular complexity index is 1310. The minimum atomic E-state index is -1.62. The topological polar surface area (TPSA) is 265 Å². The van der Waals surface area contributed by atoms with Gasteiger partial charge in [-0.15, -0.1) is 0 Å². The van der Waals surface area contributed by atoms with E-state index in [1.54, 1.807) is 0 Å². The van der Waals surface area contributed by atoms with Gasteiger partial charge in [0.2, 0.25) is 0 Å². The van der Waals surface area contributed by atoms with E-state index < -0.39 is 55.1 Å². The summed E-state index contributed by atoms with van der Waals surface area (Å²) < 4.78 is 16.2. The molecule has 0 bridgehead atoms. The van der Waals surface area contributed by atoms with Gasteiger partial charge in [-0.05, 0) is 103 Å². The van der Waals surface area contributed by atoms with E-state index in [9.17, 15) is 38.4 Å². The summed E-state index contributed by atoms with van der Waals surface area (Å²) in [6, 6.07) is 0. The van der Waals surface area contributed by atoms with Crippen LogP contribution in [0.1, 0.15) is 316 Å². The van der Waals surface area contributed by atoms with Gasteiger partial charge in [-0.25, -0.2) is 0 Å². The SMILES string of the molecule is CCCCC(CC)C(=O)O.CCCCC(CC)C(=O)O.CCCCC(CC)C(=O)O.CCCCC(CC)C(=O)O.CCCCC(CC)C(=O)O.CCCCC(CC)C(=O)OB(OC(=O)C(CC)CCCC)OC(=O)C(CC)CCCC.[Nb]. The van der Waals surface area contributed by atoms with Crippen LogP contribution in [0, 0.1) is 47.3 Å². The molecule has 82 heavy (non-hydrogen) atoms. The monoisotopic (exact) mass is 1250 g/mol. The molecule has 0 aliphatic carbocycles. The molecule has 0 aromatic heterocycles. The fourth-order valence-corrected chi connectivity index (χ4v) is 8.23. The third kappa shape index (κ3) is 55.7. The average molecular weight is 1250 g/mol. The van der Waals surface area contributed by atoms with Crippen molar-refractivity contribution >= 4 is 55.1 Å². The van der Waals surface area contributed by atoms with E-state index in [0.29, 0.717) is 38.5 Å². The second-order valence-corrected chi connectivity index (χ2v) is 21.3. The number of unbranched alkanes of at least 4 members (excludes halogenated alkanes) is 8. The molecule has 5 N–H and O–H groups in total. The molecule has 8 unspecified atom stereocenters. The Morgan fingerprint density at radius 1 is 0.256 bits per heavy atom. The number of aliphatic carboxylic acids is 5. The van der Waals surface area contributed by atoms with E-state index in [1.807, 2.05) is 55.4 Å². The minimum absolute atomic E-state index is 0. The molecule has 0 rings (SSSR count). The molecular formula is C64H125BNbO16. The van der Waals surface area contributed by atoms with Crippen molar-refractivity contribution in [1.29, 1.82) is 0 Å². The van der Waals surface area contributed by atoms with Crippen molar-refractivity contribution < 1.29 is 100 Å². The Balaban J connectivity index is -0.000000182. The van der Waals surface area contributed by atoms with Crippen LogP contribution in [-0.4, -0.2) is 80.6 Å². The van der Waals surface area contributed by atoms with E-state index in [-0.39, 0.29) is 69.7 Å². The molecule has 0 saturated carbocycles. The van der Waals surface area contributed by atoms with Crippen LogP contribution < -0.4 is 0 Å². The molecule has 0 saturated heterocycles. The zero-order valence-corrected chi connectivity index (χ0v) is 57.2. The first kappa shape index (κ1) is 92.3. The number of hydrogen-bond donors (Lipinski definition) is 5. The van der Waals surface area contributed by atoms with Gasteiger partial charge in [0.1, 0.15) is 0 Å². The molecule has 8 atom stereocenters. The van der Waals surface area contributed by atoms with E-state index in [0.717, 1.165) is 167 Å². The van der Waals surface area contributed by atoms with Crippen LogP contribution in [0.25, 0.3) is 0 Å². The van der Waals surface area contributed by atoms with Crippen LogP contribution >= 0.6 is 0 Å². The van der Waals surface area contributed by atoms with Crippen LogP contribution in [0.2, 0.25) is 0 Å². The number of rotatable bonds is 43. The molecule has 0 aromatic carbocycles. The summed E-state index contributed by atoms with van der Waals surface area (Å²) in [5, 5.41) is 43.0. The second-order valence-electron chi connectivity index (χ2n) is 21.3. The van der Waals surface area contributed by atoms with Crippen molar-refractivity contribution in [2.45, 2.75) is 316 Å². The van der Waals surface area contributed by atoms with E-state index >= 15 is 0 Å². The molecule has 0 fully saturated rings. The van der Waals surface area contributed by atoms with Crippen molar-refractivity contribution in [1.82, 2.24) is 0 Å². The first-order chi connectivity index (χ1) is 38.5. The number of carbonyl (C=O) groups excluding carboxylic acids is 3. The Labute approximate surface area is 516 Å². The van der Waals surface area contributed by atoms with Gasteiger partial charge in [-0.3, -0.25) is 38.4 Å². The van der Waals surface area contributed by atoms with Gasteiger partial charge in [0.05, 0.1) is 47.3 Å². The zero-order chi connectivity index (χ0) is 63.6. The van der Waals surface area contributed by atoms with Crippen LogP contribution in [0.4, 0.5) is 0 Å². The Kier molecular flexibility index (Phi) is 75.1. The van der Waals surface area contributed by atoms with E-state index in [1.165, 1.54) is 0 Å². The number of carbonyl (C=O) groups is 8. The summed E-state index contributed by atoms with van der Waals surface area (Å²) in [6.07, 6.45) is 28.2. The third-order valence-corrected chi connectivity index (χ3v) is 14.6. The van der Waals surface area contributed by atoms with Crippen LogP contribution in [0.5, 0.6) is 0 Å². The summed E-state index contributed by atoms with van der Waals surface area (Å²) in [5.74, 6) is -6.12. The third-order valence-electron chi connectivity index (χ3n) is 14.6. The number of carboxylic acid groups (broad SMARTS) is 5. The predicted octanol–water partition coefficient (Wildman–Crippen LogP) is 17.7. The summed E-state index contributed by atoms with van der Waals surface area (Å²) in [6.45, 7) is 32.0. The minimum Gasteiger partial charge on any atom is -0.481 e. The standard InChI is InChI=1S/C24H45BO6.5C8H16O2.Nb/c1-7-13-16-19(10-4)22(26)29-25(30-23(27)20(11-5)17-14-8-2)31-24(28)21(12-6)18-15-9-3;5*1-3-5-6-7(4-2)8(9)10;/h19-21H,7-18H2,1-6H3;5*7H,3-6H2,1-2H3,(H,9,10);. The van der Waals surface area contributed by atoms with Crippen molar-refractivity contribution in [3.63, 3.8) is 0 Å². The fraction of sp³-hybridized carbons (Fsp3) is 0.875. The molecular weight excluding hydrogens is 1130 g/mol. The molecule has 0 amide bonds. The van der Waals surface area contributed by atoms with Crippen molar-refractivity contribution in [2.24, 2.45) is 47.3 Å². The van der Waals surface area contributed by atoms with Crippen LogP contribution in [0.3, 0.4) is 0 Å². The summed E-state index contributed by atoms with van der Waals surface area (Å²) in [4.78, 5) is 90.2. The molecule has 0 aromatic rings.